The van der Waals surface area contributed by atoms with Gasteiger partial charge in [-0.25, -0.2) is 4.98 Å². The standard InChI is InChI=1S/C15H23N3OS/c19-14(10-16-9-11-7-8-11)18-15-17-12-5-3-1-2-4-6-13(12)20-15/h11,16H,1-10H2,(H,17,18,19). The summed E-state index contributed by atoms with van der Waals surface area (Å²) in [7, 11) is 0. The Hall–Kier alpha value is -0.940. The summed E-state index contributed by atoms with van der Waals surface area (Å²) in [4.78, 5) is 17.8. The van der Waals surface area contributed by atoms with Crippen LogP contribution in [0, 0.1) is 5.92 Å². The van der Waals surface area contributed by atoms with Crippen LogP contribution in [0.4, 0.5) is 5.13 Å². The second-order valence-electron chi connectivity index (χ2n) is 5.93. The highest BCUT2D eigenvalue weighted by molar-refractivity contribution is 7.15. The molecular weight excluding hydrogens is 270 g/mol. The van der Waals surface area contributed by atoms with E-state index in [4.69, 9.17) is 0 Å². The molecule has 2 aliphatic carbocycles. The summed E-state index contributed by atoms with van der Waals surface area (Å²) in [6.07, 6.45) is 9.94. The smallest absolute Gasteiger partial charge is 0.240 e. The van der Waals surface area contributed by atoms with Crippen molar-refractivity contribution in [3.8, 4) is 0 Å². The Balaban J connectivity index is 1.50. The quantitative estimate of drug-likeness (QED) is 0.877. The number of anilines is 1. The first-order valence-corrected chi connectivity index (χ1v) is 8.62. The number of thiazole rings is 1. The van der Waals surface area contributed by atoms with Crippen LogP contribution in [0.15, 0.2) is 0 Å². The Morgan fingerprint density at radius 2 is 2.00 bits per heavy atom. The Morgan fingerprint density at radius 3 is 2.80 bits per heavy atom. The van der Waals surface area contributed by atoms with Crippen LogP contribution in [0.5, 0.6) is 0 Å². The molecule has 5 heteroatoms. The van der Waals surface area contributed by atoms with E-state index in [1.54, 1.807) is 11.3 Å². The highest BCUT2D eigenvalue weighted by Crippen LogP contribution is 2.29. The predicted octanol–water partition coefficient (Wildman–Crippen LogP) is 2.74. The lowest BCUT2D eigenvalue weighted by atomic mass is 10.0. The summed E-state index contributed by atoms with van der Waals surface area (Å²) in [5.74, 6) is 0.842. The minimum atomic E-state index is 0.0346. The summed E-state index contributed by atoms with van der Waals surface area (Å²) < 4.78 is 0. The Bertz CT molecular complexity index is 442. The van der Waals surface area contributed by atoms with E-state index in [1.807, 2.05) is 0 Å². The molecule has 0 bridgehead atoms. The number of aryl methyl sites for hydroxylation is 2. The van der Waals surface area contributed by atoms with Crippen LogP contribution in [0.25, 0.3) is 0 Å². The summed E-state index contributed by atoms with van der Waals surface area (Å²) in [5.41, 5.74) is 1.22. The monoisotopic (exact) mass is 293 g/mol. The normalized spacial score (nSPS) is 19.0. The number of amides is 1. The molecule has 20 heavy (non-hydrogen) atoms. The highest BCUT2D eigenvalue weighted by Gasteiger charge is 2.21. The molecule has 2 aliphatic rings. The van der Waals surface area contributed by atoms with Gasteiger partial charge in [0.25, 0.3) is 0 Å². The molecule has 0 unspecified atom stereocenters. The van der Waals surface area contributed by atoms with Gasteiger partial charge in [-0.15, -0.1) is 11.3 Å². The van der Waals surface area contributed by atoms with Crippen LogP contribution in [-0.2, 0) is 17.6 Å². The van der Waals surface area contributed by atoms with E-state index >= 15 is 0 Å². The molecule has 1 amide bonds. The van der Waals surface area contributed by atoms with Gasteiger partial charge < -0.3 is 10.6 Å². The number of nitrogens with zero attached hydrogens (tertiary/aromatic N) is 1. The average Bonchev–Trinajstić information content (AvgIpc) is 3.14. The third-order valence-electron chi connectivity index (χ3n) is 4.01. The lowest BCUT2D eigenvalue weighted by Gasteiger charge is -2.06. The molecule has 0 atom stereocenters. The molecule has 3 rings (SSSR count). The first-order chi connectivity index (χ1) is 9.81. The van der Waals surface area contributed by atoms with Crippen LogP contribution in [-0.4, -0.2) is 24.0 Å². The molecule has 0 aliphatic heterocycles. The topological polar surface area (TPSA) is 54.0 Å². The molecule has 2 N–H and O–H groups in total. The van der Waals surface area contributed by atoms with Gasteiger partial charge in [-0.05, 0) is 51.0 Å². The van der Waals surface area contributed by atoms with Crippen LogP contribution in [0.1, 0.15) is 49.1 Å². The molecule has 110 valence electrons. The number of fused-ring (bicyclic) bond motifs is 1. The lowest BCUT2D eigenvalue weighted by Crippen LogP contribution is -2.29. The van der Waals surface area contributed by atoms with Crippen molar-refractivity contribution in [1.29, 1.82) is 0 Å². The van der Waals surface area contributed by atoms with Crippen molar-refractivity contribution in [2.75, 3.05) is 18.4 Å². The maximum Gasteiger partial charge on any atom is 0.240 e. The van der Waals surface area contributed by atoms with E-state index < -0.39 is 0 Å². The van der Waals surface area contributed by atoms with Crippen molar-refractivity contribution in [2.24, 2.45) is 5.92 Å². The summed E-state index contributed by atoms with van der Waals surface area (Å²) >= 11 is 1.67. The molecule has 1 saturated carbocycles. The molecule has 0 saturated heterocycles. The van der Waals surface area contributed by atoms with E-state index in [0.29, 0.717) is 6.54 Å². The minimum absolute atomic E-state index is 0.0346. The number of carbonyl (C=O) groups excluding carboxylic acids is 1. The Kier molecular flexibility index (Phi) is 4.68. The summed E-state index contributed by atoms with van der Waals surface area (Å²) in [5, 5.41) is 6.94. The van der Waals surface area contributed by atoms with E-state index in [1.165, 1.54) is 49.1 Å². The molecule has 0 radical (unpaired) electrons. The summed E-state index contributed by atoms with van der Waals surface area (Å²) in [6.45, 7) is 1.38. The number of nitrogens with one attached hydrogen (secondary N) is 2. The fraction of sp³-hybridized carbons (Fsp3) is 0.733. The van der Waals surface area contributed by atoms with Crippen molar-refractivity contribution < 1.29 is 4.79 Å². The fourth-order valence-corrected chi connectivity index (χ4v) is 3.70. The van der Waals surface area contributed by atoms with Gasteiger partial charge in [-0.1, -0.05) is 12.8 Å². The fourth-order valence-electron chi connectivity index (χ4n) is 2.63. The maximum absolute atomic E-state index is 11.9. The molecule has 0 spiro atoms. The predicted molar refractivity (Wildman–Crippen MR) is 82.2 cm³/mol. The SMILES string of the molecule is O=C(CNCC1CC1)Nc1nc2c(s1)CCCCCC2. The van der Waals surface area contributed by atoms with Crippen LogP contribution < -0.4 is 10.6 Å². The zero-order chi connectivity index (χ0) is 13.8. The van der Waals surface area contributed by atoms with Gasteiger partial charge in [-0.3, -0.25) is 4.79 Å². The maximum atomic E-state index is 11.9. The zero-order valence-electron chi connectivity index (χ0n) is 11.9. The van der Waals surface area contributed by atoms with E-state index in [9.17, 15) is 4.79 Å². The van der Waals surface area contributed by atoms with Crippen molar-refractivity contribution >= 4 is 22.4 Å². The number of hydrogen-bond donors (Lipinski definition) is 2. The van der Waals surface area contributed by atoms with Gasteiger partial charge in [0.1, 0.15) is 0 Å². The molecule has 1 aromatic heterocycles. The van der Waals surface area contributed by atoms with Crippen molar-refractivity contribution in [3.63, 3.8) is 0 Å². The van der Waals surface area contributed by atoms with Gasteiger partial charge in [-0.2, -0.15) is 0 Å². The van der Waals surface area contributed by atoms with Crippen molar-refractivity contribution in [1.82, 2.24) is 10.3 Å². The van der Waals surface area contributed by atoms with E-state index in [-0.39, 0.29) is 5.91 Å². The van der Waals surface area contributed by atoms with Gasteiger partial charge in [0.15, 0.2) is 5.13 Å². The average molecular weight is 293 g/mol. The molecule has 1 fully saturated rings. The number of aromatic nitrogens is 1. The number of rotatable bonds is 5. The Labute approximate surface area is 124 Å². The first kappa shape index (κ1) is 14.0. The van der Waals surface area contributed by atoms with Gasteiger partial charge >= 0.3 is 0 Å². The van der Waals surface area contributed by atoms with E-state index in [0.717, 1.165) is 30.4 Å². The van der Waals surface area contributed by atoms with Crippen LogP contribution >= 0.6 is 11.3 Å². The van der Waals surface area contributed by atoms with Crippen LogP contribution in [0.3, 0.4) is 0 Å². The highest BCUT2D eigenvalue weighted by atomic mass is 32.1. The van der Waals surface area contributed by atoms with E-state index in [2.05, 4.69) is 15.6 Å². The number of carbonyl (C=O) groups is 1. The first-order valence-electron chi connectivity index (χ1n) is 7.80. The van der Waals surface area contributed by atoms with Crippen molar-refractivity contribution in [2.45, 2.75) is 51.4 Å². The summed E-state index contributed by atoms with van der Waals surface area (Å²) in [6, 6.07) is 0. The molecule has 0 aromatic carbocycles. The van der Waals surface area contributed by atoms with Gasteiger partial charge in [0, 0.05) is 4.88 Å². The number of hydrogen-bond acceptors (Lipinski definition) is 4. The van der Waals surface area contributed by atoms with Crippen LogP contribution in [0.2, 0.25) is 0 Å². The third-order valence-corrected chi connectivity index (χ3v) is 5.08. The third kappa shape index (κ3) is 4.03. The molecule has 4 nitrogen and oxygen atoms in total. The van der Waals surface area contributed by atoms with Gasteiger partial charge in [0.05, 0.1) is 12.2 Å². The second-order valence-corrected chi connectivity index (χ2v) is 7.01. The molecular formula is C15H23N3OS. The minimum Gasteiger partial charge on any atom is -0.308 e. The largest absolute Gasteiger partial charge is 0.308 e. The zero-order valence-corrected chi connectivity index (χ0v) is 12.7. The molecule has 1 heterocycles. The Morgan fingerprint density at radius 1 is 1.20 bits per heavy atom. The van der Waals surface area contributed by atoms with Crippen molar-refractivity contribution in [3.05, 3.63) is 10.6 Å². The molecule has 1 aromatic rings. The van der Waals surface area contributed by atoms with Gasteiger partial charge in [0.2, 0.25) is 5.91 Å². The second kappa shape index (κ2) is 6.68. The lowest BCUT2D eigenvalue weighted by molar-refractivity contribution is -0.115.